The standard InChI is InChI=1S/C10H23NO3/c1-3-10(4-2,8-13)7-11-5-9(14)6-12/h9,11-14H,3-8H2,1-2H3. The maximum Gasteiger partial charge on any atom is 0.0894 e. The summed E-state index contributed by atoms with van der Waals surface area (Å²) in [7, 11) is 0. The van der Waals surface area contributed by atoms with E-state index in [0.717, 1.165) is 12.8 Å². The Bertz CT molecular complexity index is 129. The van der Waals surface area contributed by atoms with E-state index in [4.69, 9.17) is 10.2 Å². The summed E-state index contributed by atoms with van der Waals surface area (Å²) in [6.07, 6.45) is 1.10. The maximum atomic E-state index is 9.25. The second-order valence-electron chi connectivity index (χ2n) is 3.83. The van der Waals surface area contributed by atoms with E-state index in [0.29, 0.717) is 13.1 Å². The molecule has 1 atom stereocenters. The van der Waals surface area contributed by atoms with Gasteiger partial charge in [0, 0.05) is 25.1 Å². The minimum atomic E-state index is -0.708. The van der Waals surface area contributed by atoms with Crippen LogP contribution in [-0.4, -0.2) is 47.7 Å². The van der Waals surface area contributed by atoms with Crippen molar-refractivity contribution in [1.29, 1.82) is 0 Å². The Hall–Kier alpha value is -0.160. The van der Waals surface area contributed by atoms with E-state index in [1.165, 1.54) is 0 Å². The fourth-order valence-corrected chi connectivity index (χ4v) is 1.35. The molecule has 1 unspecified atom stereocenters. The monoisotopic (exact) mass is 205 g/mol. The van der Waals surface area contributed by atoms with Gasteiger partial charge in [-0.2, -0.15) is 0 Å². The molecule has 0 amide bonds. The molecule has 0 aliphatic heterocycles. The number of hydrogen-bond donors (Lipinski definition) is 4. The summed E-state index contributed by atoms with van der Waals surface area (Å²) in [5.74, 6) is 0. The Morgan fingerprint density at radius 1 is 1.21 bits per heavy atom. The molecule has 0 aliphatic carbocycles. The highest BCUT2D eigenvalue weighted by Gasteiger charge is 2.24. The van der Waals surface area contributed by atoms with E-state index in [1.54, 1.807) is 0 Å². The van der Waals surface area contributed by atoms with Crippen molar-refractivity contribution in [2.75, 3.05) is 26.3 Å². The molecule has 86 valence electrons. The molecule has 0 radical (unpaired) electrons. The molecule has 0 saturated carbocycles. The van der Waals surface area contributed by atoms with Crippen LogP contribution in [0.15, 0.2) is 0 Å². The average Bonchev–Trinajstić information content (AvgIpc) is 2.25. The smallest absolute Gasteiger partial charge is 0.0894 e. The van der Waals surface area contributed by atoms with E-state index in [1.807, 2.05) is 13.8 Å². The fourth-order valence-electron chi connectivity index (χ4n) is 1.35. The zero-order chi connectivity index (χ0) is 11.0. The van der Waals surface area contributed by atoms with Crippen LogP contribution in [-0.2, 0) is 0 Å². The third-order valence-corrected chi connectivity index (χ3v) is 2.93. The molecule has 0 aromatic rings. The fraction of sp³-hybridized carbons (Fsp3) is 1.00. The van der Waals surface area contributed by atoms with Gasteiger partial charge in [0.25, 0.3) is 0 Å². The van der Waals surface area contributed by atoms with Crippen LogP contribution >= 0.6 is 0 Å². The van der Waals surface area contributed by atoms with E-state index < -0.39 is 6.10 Å². The highest BCUT2D eigenvalue weighted by atomic mass is 16.3. The molecular formula is C10H23NO3. The second-order valence-corrected chi connectivity index (χ2v) is 3.83. The van der Waals surface area contributed by atoms with Gasteiger partial charge in [0.15, 0.2) is 0 Å². The largest absolute Gasteiger partial charge is 0.396 e. The summed E-state index contributed by atoms with van der Waals surface area (Å²) in [4.78, 5) is 0. The maximum absolute atomic E-state index is 9.25. The number of nitrogens with one attached hydrogen (secondary N) is 1. The molecule has 0 spiro atoms. The first-order valence-corrected chi connectivity index (χ1v) is 5.24. The quantitative estimate of drug-likeness (QED) is 0.440. The molecule has 0 fully saturated rings. The number of aliphatic hydroxyl groups excluding tert-OH is 3. The van der Waals surface area contributed by atoms with Crippen molar-refractivity contribution >= 4 is 0 Å². The van der Waals surface area contributed by atoms with Gasteiger partial charge in [0.1, 0.15) is 0 Å². The van der Waals surface area contributed by atoms with Crippen LogP contribution in [0.5, 0.6) is 0 Å². The molecular weight excluding hydrogens is 182 g/mol. The normalized spacial score (nSPS) is 14.4. The zero-order valence-corrected chi connectivity index (χ0v) is 9.16. The molecule has 0 aromatic carbocycles. The molecule has 14 heavy (non-hydrogen) atoms. The van der Waals surface area contributed by atoms with Crippen LogP contribution in [0.25, 0.3) is 0 Å². The molecule has 0 aromatic heterocycles. The lowest BCUT2D eigenvalue weighted by molar-refractivity contribution is 0.0794. The van der Waals surface area contributed by atoms with Crippen LogP contribution in [0.2, 0.25) is 0 Å². The van der Waals surface area contributed by atoms with Gasteiger partial charge >= 0.3 is 0 Å². The molecule has 0 aliphatic rings. The van der Waals surface area contributed by atoms with Crippen molar-refractivity contribution in [2.24, 2.45) is 5.41 Å². The predicted molar refractivity (Wildman–Crippen MR) is 56.1 cm³/mol. The third kappa shape index (κ3) is 4.37. The summed E-state index contributed by atoms with van der Waals surface area (Å²) in [5, 5.41) is 30.0. The molecule has 4 nitrogen and oxygen atoms in total. The number of rotatable bonds is 8. The second kappa shape index (κ2) is 7.17. The number of hydrogen-bond acceptors (Lipinski definition) is 4. The zero-order valence-electron chi connectivity index (χ0n) is 9.16. The Balaban J connectivity index is 3.82. The topological polar surface area (TPSA) is 72.7 Å². The lowest BCUT2D eigenvalue weighted by Crippen LogP contribution is -2.40. The predicted octanol–water partition coefficient (Wildman–Crippen LogP) is -0.272. The van der Waals surface area contributed by atoms with Gasteiger partial charge in [-0.3, -0.25) is 0 Å². The highest BCUT2D eigenvalue weighted by Crippen LogP contribution is 2.24. The van der Waals surface area contributed by atoms with Gasteiger partial charge in [-0.05, 0) is 12.8 Å². The SMILES string of the molecule is CCC(CC)(CO)CNCC(O)CO. The van der Waals surface area contributed by atoms with Gasteiger partial charge in [0.05, 0.1) is 12.7 Å². The average molecular weight is 205 g/mol. The molecule has 0 bridgehead atoms. The van der Waals surface area contributed by atoms with Crippen LogP contribution in [0, 0.1) is 5.41 Å². The summed E-state index contributed by atoms with van der Waals surface area (Å²) < 4.78 is 0. The van der Waals surface area contributed by atoms with E-state index in [2.05, 4.69) is 5.32 Å². The Kier molecular flexibility index (Phi) is 7.09. The first-order valence-electron chi connectivity index (χ1n) is 5.24. The molecule has 4 heteroatoms. The summed E-state index contributed by atoms with van der Waals surface area (Å²) in [6.45, 7) is 5.07. The minimum Gasteiger partial charge on any atom is -0.396 e. The summed E-state index contributed by atoms with van der Waals surface area (Å²) in [6, 6.07) is 0. The van der Waals surface area contributed by atoms with Gasteiger partial charge in [-0.25, -0.2) is 0 Å². The minimum absolute atomic E-state index is 0.0881. The summed E-state index contributed by atoms with van der Waals surface area (Å²) >= 11 is 0. The van der Waals surface area contributed by atoms with Crippen molar-refractivity contribution in [3.63, 3.8) is 0 Å². The number of aliphatic hydroxyl groups is 3. The highest BCUT2D eigenvalue weighted by molar-refractivity contribution is 4.78. The third-order valence-electron chi connectivity index (χ3n) is 2.93. The Labute approximate surface area is 86.0 Å². The lowest BCUT2D eigenvalue weighted by Gasteiger charge is -2.30. The lowest BCUT2D eigenvalue weighted by atomic mass is 9.83. The van der Waals surface area contributed by atoms with E-state index >= 15 is 0 Å². The van der Waals surface area contributed by atoms with Crippen LogP contribution in [0.1, 0.15) is 26.7 Å². The van der Waals surface area contributed by atoms with Crippen LogP contribution < -0.4 is 5.32 Å². The summed E-state index contributed by atoms with van der Waals surface area (Å²) in [5.41, 5.74) is -0.0881. The van der Waals surface area contributed by atoms with E-state index in [-0.39, 0.29) is 18.6 Å². The van der Waals surface area contributed by atoms with Crippen LogP contribution in [0.3, 0.4) is 0 Å². The Morgan fingerprint density at radius 3 is 2.14 bits per heavy atom. The Morgan fingerprint density at radius 2 is 1.79 bits per heavy atom. The molecule has 0 rings (SSSR count). The van der Waals surface area contributed by atoms with Crippen molar-refractivity contribution < 1.29 is 15.3 Å². The van der Waals surface area contributed by atoms with Crippen LogP contribution in [0.4, 0.5) is 0 Å². The van der Waals surface area contributed by atoms with Gasteiger partial charge < -0.3 is 20.6 Å². The van der Waals surface area contributed by atoms with Crippen molar-refractivity contribution in [1.82, 2.24) is 5.32 Å². The van der Waals surface area contributed by atoms with Crippen molar-refractivity contribution in [3.05, 3.63) is 0 Å². The van der Waals surface area contributed by atoms with Gasteiger partial charge in [0.2, 0.25) is 0 Å². The van der Waals surface area contributed by atoms with Crippen molar-refractivity contribution in [2.45, 2.75) is 32.8 Å². The van der Waals surface area contributed by atoms with Crippen molar-refractivity contribution in [3.8, 4) is 0 Å². The first-order chi connectivity index (χ1) is 6.64. The van der Waals surface area contributed by atoms with E-state index in [9.17, 15) is 5.11 Å². The molecule has 0 saturated heterocycles. The molecule has 0 heterocycles. The van der Waals surface area contributed by atoms with Gasteiger partial charge in [-0.15, -0.1) is 0 Å². The first kappa shape index (κ1) is 13.8. The van der Waals surface area contributed by atoms with Gasteiger partial charge in [-0.1, -0.05) is 13.8 Å². The molecule has 4 N–H and O–H groups in total.